The minimum Gasteiger partial charge on any atom is -0.496 e. The normalized spacial score (nSPS) is 10.9. The molecule has 24 heavy (non-hydrogen) atoms. The second-order valence-corrected chi connectivity index (χ2v) is 5.37. The third-order valence-electron chi connectivity index (χ3n) is 3.54. The molecule has 0 aliphatic carbocycles. The molecule has 1 heterocycles. The fourth-order valence-corrected chi connectivity index (χ4v) is 2.39. The molecule has 0 aliphatic heterocycles. The van der Waals surface area contributed by atoms with Crippen LogP contribution < -0.4 is 15.4 Å². The van der Waals surface area contributed by atoms with Gasteiger partial charge in [-0.1, -0.05) is 18.2 Å². The van der Waals surface area contributed by atoms with E-state index in [-0.39, 0.29) is 24.0 Å². The maximum atomic E-state index is 5.38. The van der Waals surface area contributed by atoms with Crippen LogP contribution in [0.2, 0.25) is 0 Å². The molecule has 0 bridgehead atoms. The Kier molecular flexibility index (Phi) is 9.29. The molecule has 6 heteroatoms. The summed E-state index contributed by atoms with van der Waals surface area (Å²) in [7, 11) is 3.72. The number of aliphatic imine (C=N–C) groups is 1. The van der Waals surface area contributed by atoms with Crippen molar-refractivity contribution in [1.82, 2.24) is 15.2 Å². The number of nitrogens with zero attached hydrogens (tertiary/aromatic N) is 2. The Labute approximate surface area is 161 Å². The molecule has 5 nitrogen and oxygen atoms in total. The highest BCUT2D eigenvalue weighted by Crippen LogP contribution is 2.17. The summed E-state index contributed by atoms with van der Waals surface area (Å²) in [6, 6.07) is 10.2. The number of ether oxygens (including phenoxy) is 1. The zero-order valence-electron chi connectivity index (χ0n) is 14.6. The van der Waals surface area contributed by atoms with Crippen LogP contribution in [0, 0.1) is 0 Å². The van der Waals surface area contributed by atoms with Crippen LogP contribution in [0.3, 0.4) is 0 Å². The van der Waals surface area contributed by atoms with Crippen LogP contribution in [0.25, 0.3) is 0 Å². The van der Waals surface area contributed by atoms with Gasteiger partial charge in [-0.2, -0.15) is 0 Å². The molecule has 0 radical (unpaired) electrons. The van der Waals surface area contributed by atoms with Crippen LogP contribution in [0.15, 0.2) is 47.7 Å². The predicted molar refractivity (Wildman–Crippen MR) is 110 cm³/mol. The SMILES string of the molecule is CCNC(=NCc1ccn(C)c1)NCCc1ccccc1OC.I. The van der Waals surface area contributed by atoms with Crippen molar-refractivity contribution in [3.8, 4) is 5.75 Å². The van der Waals surface area contributed by atoms with Gasteiger partial charge in [-0.25, -0.2) is 4.99 Å². The van der Waals surface area contributed by atoms with Crippen LogP contribution >= 0.6 is 24.0 Å². The summed E-state index contributed by atoms with van der Waals surface area (Å²) < 4.78 is 7.42. The van der Waals surface area contributed by atoms with E-state index in [1.807, 2.05) is 36.0 Å². The quantitative estimate of drug-likeness (QED) is 0.394. The number of benzene rings is 1. The molecular formula is C18H27IN4O. The number of para-hydroxylation sites is 1. The summed E-state index contributed by atoms with van der Waals surface area (Å²) in [5.74, 6) is 1.77. The fraction of sp³-hybridized carbons (Fsp3) is 0.389. The van der Waals surface area contributed by atoms with Crippen molar-refractivity contribution in [2.24, 2.45) is 12.0 Å². The third kappa shape index (κ3) is 6.43. The first-order chi connectivity index (χ1) is 11.2. The number of aryl methyl sites for hydroxylation is 1. The molecule has 1 aromatic heterocycles. The minimum absolute atomic E-state index is 0. The topological polar surface area (TPSA) is 50.6 Å². The van der Waals surface area contributed by atoms with Gasteiger partial charge in [-0.05, 0) is 36.6 Å². The van der Waals surface area contributed by atoms with Gasteiger partial charge in [-0.3, -0.25) is 0 Å². The Morgan fingerprint density at radius 1 is 1.21 bits per heavy atom. The Morgan fingerprint density at radius 3 is 2.67 bits per heavy atom. The second-order valence-electron chi connectivity index (χ2n) is 5.37. The minimum atomic E-state index is 0. The number of hydrogen-bond donors (Lipinski definition) is 2. The third-order valence-corrected chi connectivity index (χ3v) is 3.54. The molecular weight excluding hydrogens is 415 g/mol. The molecule has 0 spiro atoms. The molecule has 0 unspecified atom stereocenters. The van der Waals surface area contributed by atoms with E-state index in [1.165, 1.54) is 11.1 Å². The first-order valence-corrected chi connectivity index (χ1v) is 7.98. The molecule has 132 valence electrons. The standard InChI is InChI=1S/C18H26N4O.HI/c1-4-19-18(21-13-15-10-12-22(2)14-15)20-11-9-16-7-5-6-8-17(16)23-3;/h5-8,10,12,14H,4,9,11,13H2,1-3H3,(H2,19,20,21);1H. The highest BCUT2D eigenvalue weighted by atomic mass is 127. The van der Waals surface area contributed by atoms with Gasteiger partial charge in [0.25, 0.3) is 0 Å². The largest absolute Gasteiger partial charge is 0.496 e. The van der Waals surface area contributed by atoms with Crippen molar-refractivity contribution in [3.05, 3.63) is 53.9 Å². The van der Waals surface area contributed by atoms with Crippen molar-refractivity contribution >= 4 is 29.9 Å². The van der Waals surface area contributed by atoms with E-state index >= 15 is 0 Å². The zero-order chi connectivity index (χ0) is 16.5. The van der Waals surface area contributed by atoms with Gasteiger partial charge in [0.15, 0.2) is 5.96 Å². The van der Waals surface area contributed by atoms with Crippen LogP contribution in [-0.4, -0.2) is 30.7 Å². The Hall–Kier alpha value is -1.70. The van der Waals surface area contributed by atoms with Gasteiger partial charge in [0.2, 0.25) is 0 Å². The highest BCUT2D eigenvalue weighted by Gasteiger charge is 2.03. The smallest absolute Gasteiger partial charge is 0.191 e. The maximum Gasteiger partial charge on any atom is 0.191 e. The van der Waals surface area contributed by atoms with E-state index in [0.29, 0.717) is 6.54 Å². The number of aromatic nitrogens is 1. The number of methoxy groups -OCH3 is 1. The molecule has 1 aromatic carbocycles. The van der Waals surface area contributed by atoms with Gasteiger partial charge in [0.1, 0.15) is 5.75 Å². The van der Waals surface area contributed by atoms with Gasteiger partial charge >= 0.3 is 0 Å². The summed E-state index contributed by atoms with van der Waals surface area (Å²) in [5, 5.41) is 6.65. The van der Waals surface area contributed by atoms with E-state index < -0.39 is 0 Å². The van der Waals surface area contributed by atoms with E-state index in [1.54, 1.807) is 7.11 Å². The predicted octanol–water partition coefficient (Wildman–Crippen LogP) is 2.95. The fourth-order valence-electron chi connectivity index (χ4n) is 2.39. The molecule has 0 atom stereocenters. The lowest BCUT2D eigenvalue weighted by Crippen LogP contribution is -2.38. The number of hydrogen-bond acceptors (Lipinski definition) is 2. The average molecular weight is 442 g/mol. The van der Waals surface area contributed by atoms with Gasteiger partial charge < -0.3 is 19.9 Å². The second kappa shape index (κ2) is 11.0. The molecule has 0 fully saturated rings. The number of guanidine groups is 1. The lowest BCUT2D eigenvalue weighted by atomic mass is 10.1. The van der Waals surface area contributed by atoms with E-state index in [0.717, 1.165) is 31.2 Å². The lowest BCUT2D eigenvalue weighted by Gasteiger charge is -2.12. The maximum absolute atomic E-state index is 5.38. The number of halogens is 1. The van der Waals surface area contributed by atoms with E-state index in [4.69, 9.17) is 4.74 Å². The Bertz CT molecular complexity index is 639. The van der Waals surface area contributed by atoms with Crippen molar-refractivity contribution in [2.45, 2.75) is 19.9 Å². The Balaban J connectivity index is 0.00000288. The lowest BCUT2D eigenvalue weighted by molar-refractivity contribution is 0.409. The zero-order valence-corrected chi connectivity index (χ0v) is 16.9. The number of rotatable bonds is 7. The molecule has 0 saturated heterocycles. The van der Waals surface area contributed by atoms with E-state index in [9.17, 15) is 0 Å². The molecule has 0 aliphatic rings. The van der Waals surface area contributed by atoms with Crippen LogP contribution in [0.5, 0.6) is 5.75 Å². The monoisotopic (exact) mass is 442 g/mol. The summed E-state index contributed by atoms with van der Waals surface area (Å²) in [4.78, 5) is 4.62. The summed E-state index contributed by atoms with van der Waals surface area (Å²) in [6.45, 7) is 4.39. The average Bonchev–Trinajstić information content (AvgIpc) is 2.98. The van der Waals surface area contributed by atoms with Gasteiger partial charge in [-0.15, -0.1) is 24.0 Å². The number of nitrogens with one attached hydrogen (secondary N) is 2. The van der Waals surface area contributed by atoms with Crippen molar-refractivity contribution in [1.29, 1.82) is 0 Å². The first-order valence-electron chi connectivity index (χ1n) is 7.98. The first kappa shape index (κ1) is 20.3. The van der Waals surface area contributed by atoms with Crippen molar-refractivity contribution < 1.29 is 4.74 Å². The molecule has 0 saturated carbocycles. The van der Waals surface area contributed by atoms with Crippen LogP contribution in [-0.2, 0) is 20.0 Å². The molecule has 0 amide bonds. The summed E-state index contributed by atoms with van der Waals surface area (Å²) in [5.41, 5.74) is 2.40. The van der Waals surface area contributed by atoms with Gasteiger partial charge in [0, 0.05) is 32.5 Å². The van der Waals surface area contributed by atoms with Crippen molar-refractivity contribution in [2.75, 3.05) is 20.2 Å². The Morgan fingerprint density at radius 2 is 2.00 bits per heavy atom. The van der Waals surface area contributed by atoms with Crippen LogP contribution in [0.4, 0.5) is 0 Å². The van der Waals surface area contributed by atoms with Gasteiger partial charge in [0.05, 0.1) is 13.7 Å². The van der Waals surface area contributed by atoms with E-state index in [2.05, 4.69) is 40.9 Å². The summed E-state index contributed by atoms with van der Waals surface area (Å²) >= 11 is 0. The molecule has 2 N–H and O–H groups in total. The molecule has 2 rings (SSSR count). The van der Waals surface area contributed by atoms with Crippen LogP contribution in [0.1, 0.15) is 18.1 Å². The highest BCUT2D eigenvalue weighted by molar-refractivity contribution is 14.0. The summed E-state index contributed by atoms with van der Waals surface area (Å²) in [6.07, 6.45) is 5.01. The molecule has 2 aromatic rings. The van der Waals surface area contributed by atoms with Crippen molar-refractivity contribution in [3.63, 3.8) is 0 Å².